The normalized spacial score (nSPS) is 30.2. The predicted molar refractivity (Wildman–Crippen MR) is 68.4 cm³/mol. The molecule has 3 heteroatoms. The first kappa shape index (κ1) is 13.9. The Hall–Kier alpha value is -0.120. The van der Waals surface area contributed by atoms with Crippen LogP contribution < -0.4 is 11.1 Å². The van der Waals surface area contributed by atoms with Crippen LogP contribution in [-0.2, 0) is 4.74 Å². The fraction of sp³-hybridized carbons (Fsp3) is 1.00. The van der Waals surface area contributed by atoms with Gasteiger partial charge in [0.15, 0.2) is 0 Å². The molecule has 0 spiro atoms. The Kier molecular flexibility index (Phi) is 4.77. The molecule has 16 heavy (non-hydrogen) atoms. The molecule has 0 radical (unpaired) electrons. The molecular formula is C13H28N2O. The number of rotatable bonds is 6. The Bertz CT molecular complexity index is 216. The van der Waals surface area contributed by atoms with Crippen LogP contribution >= 0.6 is 0 Å². The molecule has 3 N–H and O–H groups in total. The quantitative estimate of drug-likeness (QED) is 0.728. The first-order valence-corrected chi connectivity index (χ1v) is 6.50. The van der Waals surface area contributed by atoms with Crippen molar-refractivity contribution in [2.75, 3.05) is 13.2 Å². The fourth-order valence-corrected chi connectivity index (χ4v) is 2.23. The van der Waals surface area contributed by atoms with E-state index >= 15 is 0 Å². The van der Waals surface area contributed by atoms with E-state index in [1.165, 1.54) is 0 Å². The smallest absolute Gasteiger partial charge is 0.0655 e. The summed E-state index contributed by atoms with van der Waals surface area (Å²) in [6, 6.07) is 0.802. The summed E-state index contributed by atoms with van der Waals surface area (Å²) < 4.78 is 5.71. The summed E-state index contributed by atoms with van der Waals surface area (Å²) in [7, 11) is 0. The van der Waals surface area contributed by atoms with Crippen molar-refractivity contribution in [1.29, 1.82) is 0 Å². The lowest BCUT2D eigenvalue weighted by molar-refractivity contribution is -0.114. The van der Waals surface area contributed by atoms with Crippen LogP contribution in [0.4, 0.5) is 0 Å². The summed E-state index contributed by atoms with van der Waals surface area (Å²) in [5, 5.41) is 3.57. The third-order valence-corrected chi connectivity index (χ3v) is 4.00. The molecule has 1 aliphatic rings. The topological polar surface area (TPSA) is 47.3 Å². The minimum Gasteiger partial charge on any atom is -0.378 e. The largest absolute Gasteiger partial charge is 0.378 e. The van der Waals surface area contributed by atoms with Gasteiger partial charge in [0, 0.05) is 30.7 Å². The van der Waals surface area contributed by atoms with Crippen LogP contribution in [0.3, 0.4) is 0 Å². The maximum atomic E-state index is 6.03. The second-order valence-electron chi connectivity index (χ2n) is 5.87. The van der Waals surface area contributed by atoms with Crippen LogP contribution in [0.5, 0.6) is 0 Å². The highest BCUT2D eigenvalue weighted by Gasteiger charge is 2.48. The molecule has 3 atom stereocenters. The molecule has 1 saturated carbocycles. The Morgan fingerprint density at radius 3 is 2.50 bits per heavy atom. The molecule has 0 saturated heterocycles. The molecule has 0 aromatic carbocycles. The highest BCUT2D eigenvalue weighted by Crippen LogP contribution is 2.42. The van der Waals surface area contributed by atoms with E-state index in [9.17, 15) is 0 Å². The van der Waals surface area contributed by atoms with E-state index in [1.54, 1.807) is 0 Å². The molecule has 1 rings (SSSR count). The monoisotopic (exact) mass is 228 g/mol. The van der Waals surface area contributed by atoms with Crippen LogP contribution in [0.15, 0.2) is 0 Å². The highest BCUT2D eigenvalue weighted by atomic mass is 16.5. The number of nitrogens with one attached hydrogen (secondary N) is 1. The summed E-state index contributed by atoms with van der Waals surface area (Å²) >= 11 is 0. The van der Waals surface area contributed by atoms with Gasteiger partial charge in [0.2, 0.25) is 0 Å². The average molecular weight is 228 g/mol. The standard InChI is InChI=1S/C13H28N2O/c1-6-16-12-7-11(13(12,4)5)15-8-10(14)9(2)3/h9-12,15H,6-8,14H2,1-5H3. The van der Waals surface area contributed by atoms with Crippen molar-refractivity contribution in [1.82, 2.24) is 5.32 Å². The molecule has 0 bridgehead atoms. The van der Waals surface area contributed by atoms with Gasteiger partial charge >= 0.3 is 0 Å². The third-order valence-electron chi connectivity index (χ3n) is 4.00. The summed E-state index contributed by atoms with van der Waals surface area (Å²) in [6.45, 7) is 12.7. The van der Waals surface area contributed by atoms with Gasteiger partial charge in [-0.25, -0.2) is 0 Å². The summed E-state index contributed by atoms with van der Waals surface area (Å²) in [6.07, 6.45) is 1.52. The van der Waals surface area contributed by atoms with Gasteiger partial charge in [-0.3, -0.25) is 0 Å². The van der Waals surface area contributed by atoms with E-state index in [0.29, 0.717) is 18.1 Å². The lowest BCUT2D eigenvalue weighted by Gasteiger charge is -2.52. The molecule has 1 aliphatic carbocycles. The van der Waals surface area contributed by atoms with E-state index in [2.05, 4.69) is 39.9 Å². The van der Waals surface area contributed by atoms with Crippen molar-refractivity contribution < 1.29 is 4.74 Å². The maximum Gasteiger partial charge on any atom is 0.0655 e. The Morgan fingerprint density at radius 1 is 1.44 bits per heavy atom. The Balaban J connectivity index is 2.31. The molecule has 3 unspecified atom stereocenters. The van der Waals surface area contributed by atoms with Crippen LogP contribution in [0, 0.1) is 11.3 Å². The summed E-state index contributed by atoms with van der Waals surface area (Å²) in [5.41, 5.74) is 6.27. The first-order chi connectivity index (χ1) is 7.39. The molecule has 0 aromatic heterocycles. The minimum atomic E-state index is 0.243. The van der Waals surface area contributed by atoms with Crippen molar-refractivity contribution >= 4 is 0 Å². The van der Waals surface area contributed by atoms with Gasteiger partial charge in [-0.15, -0.1) is 0 Å². The molecule has 96 valence electrons. The van der Waals surface area contributed by atoms with Crippen LogP contribution in [-0.4, -0.2) is 31.3 Å². The molecular weight excluding hydrogens is 200 g/mol. The number of hydrogen-bond donors (Lipinski definition) is 2. The second kappa shape index (κ2) is 5.48. The van der Waals surface area contributed by atoms with E-state index in [4.69, 9.17) is 10.5 Å². The minimum absolute atomic E-state index is 0.243. The SMILES string of the molecule is CCOC1CC(NCC(N)C(C)C)C1(C)C. The van der Waals surface area contributed by atoms with Crippen LogP contribution in [0.2, 0.25) is 0 Å². The van der Waals surface area contributed by atoms with Crippen LogP contribution in [0.25, 0.3) is 0 Å². The van der Waals surface area contributed by atoms with E-state index in [1.807, 2.05) is 0 Å². The van der Waals surface area contributed by atoms with Crippen molar-refractivity contribution in [2.24, 2.45) is 17.1 Å². The summed E-state index contributed by atoms with van der Waals surface area (Å²) in [5.74, 6) is 0.540. The molecule has 0 aromatic rings. The van der Waals surface area contributed by atoms with Gasteiger partial charge in [-0.05, 0) is 19.3 Å². The first-order valence-electron chi connectivity index (χ1n) is 6.50. The van der Waals surface area contributed by atoms with Gasteiger partial charge in [-0.1, -0.05) is 27.7 Å². The van der Waals surface area contributed by atoms with Crippen molar-refractivity contribution in [2.45, 2.75) is 59.2 Å². The Labute approximate surface area is 100 Å². The zero-order valence-corrected chi connectivity index (χ0v) is 11.4. The van der Waals surface area contributed by atoms with Crippen molar-refractivity contribution in [3.8, 4) is 0 Å². The molecule has 0 heterocycles. The lowest BCUT2D eigenvalue weighted by Crippen LogP contribution is -2.62. The van der Waals surface area contributed by atoms with E-state index < -0.39 is 0 Å². The molecule has 3 nitrogen and oxygen atoms in total. The highest BCUT2D eigenvalue weighted by molar-refractivity contribution is 5.03. The van der Waals surface area contributed by atoms with E-state index in [0.717, 1.165) is 19.6 Å². The van der Waals surface area contributed by atoms with E-state index in [-0.39, 0.29) is 11.5 Å². The molecule has 0 amide bonds. The zero-order chi connectivity index (χ0) is 12.3. The summed E-state index contributed by atoms with van der Waals surface area (Å²) in [4.78, 5) is 0. The van der Waals surface area contributed by atoms with Crippen molar-refractivity contribution in [3.05, 3.63) is 0 Å². The average Bonchev–Trinajstić information content (AvgIpc) is 2.21. The fourth-order valence-electron chi connectivity index (χ4n) is 2.23. The second-order valence-corrected chi connectivity index (χ2v) is 5.87. The van der Waals surface area contributed by atoms with Crippen LogP contribution in [0.1, 0.15) is 41.0 Å². The van der Waals surface area contributed by atoms with Gasteiger partial charge in [0.05, 0.1) is 6.10 Å². The maximum absolute atomic E-state index is 6.03. The van der Waals surface area contributed by atoms with Gasteiger partial charge in [0.1, 0.15) is 0 Å². The Morgan fingerprint density at radius 2 is 2.06 bits per heavy atom. The third kappa shape index (κ3) is 2.96. The van der Waals surface area contributed by atoms with Gasteiger partial charge in [0.25, 0.3) is 0 Å². The van der Waals surface area contributed by atoms with Gasteiger partial charge in [-0.2, -0.15) is 0 Å². The number of hydrogen-bond acceptors (Lipinski definition) is 3. The van der Waals surface area contributed by atoms with Gasteiger partial charge < -0.3 is 15.8 Å². The zero-order valence-electron chi connectivity index (χ0n) is 11.4. The molecule has 1 fully saturated rings. The lowest BCUT2D eigenvalue weighted by atomic mass is 9.64. The number of ether oxygens (including phenoxy) is 1. The molecule has 0 aliphatic heterocycles. The predicted octanol–water partition coefficient (Wildman–Crippen LogP) is 1.76. The number of nitrogens with two attached hydrogens (primary N) is 1. The van der Waals surface area contributed by atoms with Crippen molar-refractivity contribution in [3.63, 3.8) is 0 Å².